The molecule has 210 valence electrons. The number of nitrogens with two attached hydrogens (primary N) is 1. The first-order valence-electron chi connectivity index (χ1n) is 13.1. The van der Waals surface area contributed by atoms with Crippen LogP contribution in [0.1, 0.15) is 49.9 Å². The molecule has 6 N–H and O–H groups in total. The zero-order valence-electron chi connectivity index (χ0n) is 22.2. The average molecular weight is 542 g/mol. The van der Waals surface area contributed by atoms with E-state index in [4.69, 9.17) is 11.1 Å². The molecule has 1 fully saturated rings. The standard InChI is InChI=1S/C27H36FN7O4/c1-16(2)23(34-24(37)18-13-17-7-3-4-8-19(17)32-15-18)26(39)35-12-6-10-21(35)25(38)33-20(22(36)14-28)9-5-11-31-27(29)30/h3-4,7-8,13,15-16,20-21,23H,5-6,9-12,14H2,1-2H3,(H,33,38)(H,34,37)(H4,29,30,31)/t20?,21-,23?/m0/s1. The number of Topliss-reactive ketones (excluding diaryl/α,β-unsaturated/α-hetero) is 1. The Morgan fingerprint density at radius 2 is 1.95 bits per heavy atom. The second-order valence-corrected chi connectivity index (χ2v) is 9.95. The van der Waals surface area contributed by atoms with Gasteiger partial charge in [0.25, 0.3) is 5.91 Å². The third kappa shape index (κ3) is 7.71. The summed E-state index contributed by atoms with van der Waals surface area (Å²) in [6.45, 7) is 2.98. The topological polar surface area (TPSA) is 170 Å². The van der Waals surface area contributed by atoms with Crippen molar-refractivity contribution in [2.45, 2.75) is 57.7 Å². The SMILES string of the molecule is CC(C)C(NC(=O)c1cnc2ccccc2c1)C(=O)N1CCC[C@H]1C(=O)NC(CCCNC(=N)N)C(=O)CF. The summed E-state index contributed by atoms with van der Waals surface area (Å²) in [6.07, 6.45) is 2.93. The van der Waals surface area contributed by atoms with E-state index in [1.807, 2.05) is 24.3 Å². The van der Waals surface area contributed by atoms with Crippen LogP contribution in [-0.2, 0) is 14.4 Å². The number of carbonyl (C=O) groups is 4. The van der Waals surface area contributed by atoms with E-state index in [2.05, 4.69) is 20.9 Å². The Morgan fingerprint density at radius 3 is 2.64 bits per heavy atom. The van der Waals surface area contributed by atoms with Gasteiger partial charge in [-0.1, -0.05) is 32.0 Å². The van der Waals surface area contributed by atoms with Crippen LogP contribution in [-0.4, -0.2) is 77.2 Å². The molecule has 1 aromatic heterocycles. The van der Waals surface area contributed by atoms with E-state index >= 15 is 0 Å². The number of likely N-dealkylation sites (tertiary alicyclic amines) is 1. The molecule has 3 amide bonds. The van der Waals surface area contributed by atoms with Gasteiger partial charge in [-0.3, -0.25) is 29.6 Å². The van der Waals surface area contributed by atoms with Gasteiger partial charge in [-0.25, -0.2) is 4.39 Å². The molecule has 3 rings (SSSR count). The van der Waals surface area contributed by atoms with E-state index in [0.29, 0.717) is 31.4 Å². The molecular weight excluding hydrogens is 505 g/mol. The molecule has 11 nitrogen and oxygen atoms in total. The highest BCUT2D eigenvalue weighted by Crippen LogP contribution is 2.21. The lowest BCUT2D eigenvalue weighted by Crippen LogP contribution is -2.56. The fraction of sp³-hybridized carbons (Fsp3) is 0.481. The van der Waals surface area contributed by atoms with Crippen molar-refractivity contribution in [3.63, 3.8) is 0 Å². The summed E-state index contributed by atoms with van der Waals surface area (Å²) in [7, 11) is 0. The lowest BCUT2D eigenvalue weighted by Gasteiger charge is -2.31. The number of para-hydroxylation sites is 1. The number of guanidine groups is 1. The van der Waals surface area contributed by atoms with Crippen molar-refractivity contribution < 1.29 is 23.6 Å². The number of fused-ring (bicyclic) bond motifs is 1. The summed E-state index contributed by atoms with van der Waals surface area (Å²) < 4.78 is 13.2. The van der Waals surface area contributed by atoms with Gasteiger partial charge in [0.2, 0.25) is 11.8 Å². The van der Waals surface area contributed by atoms with Gasteiger partial charge in [0, 0.05) is 24.7 Å². The van der Waals surface area contributed by atoms with Crippen molar-refractivity contribution in [1.82, 2.24) is 25.8 Å². The minimum atomic E-state index is -1.23. The lowest BCUT2D eigenvalue weighted by atomic mass is 10.0. The maximum Gasteiger partial charge on any atom is 0.253 e. The van der Waals surface area contributed by atoms with Crippen LogP contribution in [0.5, 0.6) is 0 Å². The Kier molecular flexibility index (Phi) is 10.3. The minimum absolute atomic E-state index is 0.153. The number of ketones is 1. The smallest absolute Gasteiger partial charge is 0.253 e. The van der Waals surface area contributed by atoms with Crippen LogP contribution in [0.3, 0.4) is 0 Å². The van der Waals surface area contributed by atoms with E-state index in [-0.39, 0.29) is 24.8 Å². The van der Waals surface area contributed by atoms with Gasteiger partial charge in [0.15, 0.2) is 11.7 Å². The molecule has 2 unspecified atom stereocenters. The molecule has 12 heteroatoms. The molecule has 0 spiro atoms. The zero-order valence-corrected chi connectivity index (χ0v) is 22.2. The lowest BCUT2D eigenvalue weighted by molar-refractivity contribution is -0.141. The number of carbonyl (C=O) groups excluding carboxylic acids is 4. The molecule has 1 aromatic carbocycles. The minimum Gasteiger partial charge on any atom is -0.370 e. The van der Waals surface area contributed by atoms with Crippen LogP contribution in [0.2, 0.25) is 0 Å². The van der Waals surface area contributed by atoms with Crippen molar-refractivity contribution in [2.24, 2.45) is 11.7 Å². The van der Waals surface area contributed by atoms with Crippen LogP contribution in [0.15, 0.2) is 36.5 Å². The number of nitrogens with one attached hydrogen (secondary N) is 4. The predicted molar refractivity (Wildman–Crippen MR) is 145 cm³/mol. The highest BCUT2D eigenvalue weighted by molar-refractivity contribution is 6.00. The Morgan fingerprint density at radius 1 is 1.21 bits per heavy atom. The summed E-state index contributed by atoms with van der Waals surface area (Å²) in [5, 5.41) is 16.0. The third-order valence-electron chi connectivity index (χ3n) is 6.73. The maximum absolute atomic E-state index is 13.6. The monoisotopic (exact) mass is 541 g/mol. The molecule has 3 atom stereocenters. The zero-order chi connectivity index (χ0) is 28.5. The quantitative estimate of drug-likeness (QED) is 0.153. The fourth-order valence-electron chi connectivity index (χ4n) is 4.62. The van der Waals surface area contributed by atoms with E-state index in [1.54, 1.807) is 19.9 Å². The summed E-state index contributed by atoms with van der Waals surface area (Å²) in [4.78, 5) is 57.7. The normalized spacial score (nSPS) is 16.5. The van der Waals surface area contributed by atoms with Gasteiger partial charge in [0.1, 0.15) is 18.8 Å². The van der Waals surface area contributed by atoms with Crippen molar-refractivity contribution in [2.75, 3.05) is 19.8 Å². The second-order valence-electron chi connectivity index (χ2n) is 9.95. The first-order valence-corrected chi connectivity index (χ1v) is 13.1. The fourth-order valence-corrected chi connectivity index (χ4v) is 4.62. The van der Waals surface area contributed by atoms with Gasteiger partial charge < -0.3 is 26.6 Å². The Hall–Kier alpha value is -4.09. The highest BCUT2D eigenvalue weighted by atomic mass is 19.1. The first-order chi connectivity index (χ1) is 18.6. The Bertz CT molecular complexity index is 1220. The maximum atomic E-state index is 13.6. The number of benzene rings is 1. The molecule has 2 aromatic rings. The number of alkyl halides is 1. The number of aromatic nitrogens is 1. The average Bonchev–Trinajstić information content (AvgIpc) is 3.42. The number of nitrogens with zero attached hydrogens (tertiary/aromatic N) is 2. The van der Waals surface area contributed by atoms with Gasteiger partial charge in [-0.15, -0.1) is 0 Å². The summed E-state index contributed by atoms with van der Waals surface area (Å²) >= 11 is 0. The molecule has 1 aliphatic heterocycles. The van der Waals surface area contributed by atoms with Gasteiger partial charge >= 0.3 is 0 Å². The van der Waals surface area contributed by atoms with Crippen molar-refractivity contribution in [3.05, 3.63) is 42.1 Å². The number of hydrogen-bond acceptors (Lipinski definition) is 6. The van der Waals surface area contributed by atoms with Crippen molar-refractivity contribution in [3.8, 4) is 0 Å². The van der Waals surface area contributed by atoms with Gasteiger partial charge in [-0.05, 0) is 43.7 Å². The number of amides is 3. The van der Waals surface area contributed by atoms with Crippen LogP contribution in [0, 0.1) is 11.3 Å². The molecule has 0 bridgehead atoms. The molecule has 1 saturated heterocycles. The summed E-state index contributed by atoms with van der Waals surface area (Å²) in [6, 6.07) is 6.30. The van der Waals surface area contributed by atoms with E-state index in [9.17, 15) is 23.6 Å². The highest BCUT2D eigenvalue weighted by Gasteiger charge is 2.39. The van der Waals surface area contributed by atoms with Crippen molar-refractivity contribution >= 4 is 40.4 Å². The van der Waals surface area contributed by atoms with Crippen LogP contribution in [0.25, 0.3) is 10.9 Å². The van der Waals surface area contributed by atoms with Crippen LogP contribution >= 0.6 is 0 Å². The second kappa shape index (κ2) is 13.6. The molecular formula is C27H36FN7O4. The molecule has 2 heterocycles. The van der Waals surface area contributed by atoms with Crippen LogP contribution in [0.4, 0.5) is 4.39 Å². The largest absolute Gasteiger partial charge is 0.370 e. The van der Waals surface area contributed by atoms with E-state index in [0.717, 1.165) is 10.9 Å². The first kappa shape index (κ1) is 29.5. The van der Waals surface area contributed by atoms with Crippen molar-refractivity contribution in [1.29, 1.82) is 5.41 Å². The third-order valence-corrected chi connectivity index (χ3v) is 6.73. The number of pyridine rings is 1. The Labute approximate surface area is 226 Å². The molecule has 39 heavy (non-hydrogen) atoms. The molecule has 0 saturated carbocycles. The number of halogens is 1. The van der Waals surface area contributed by atoms with E-state index in [1.165, 1.54) is 11.1 Å². The Balaban J connectivity index is 1.68. The molecule has 1 aliphatic rings. The summed E-state index contributed by atoms with van der Waals surface area (Å²) in [5.41, 5.74) is 6.30. The van der Waals surface area contributed by atoms with Crippen LogP contribution < -0.4 is 21.7 Å². The summed E-state index contributed by atoms with van der Waals surface area (Å²) in [5.74, 6) is -2.65. The number of hydrogen-bond donors (Lipinski definition) is 5. The predicted octanol–water partition coefficient (Wildman–Crippen LogP) is 1.27. The van der Waals surface area contributed by atoms with Gasteiger partial charge in [0.05, 0.1) is 17.1 Å². The molecule has 0 aliphatic carbocycles. The van der Waals surface area contributed by atoms with Gasteiger partial charge in [-0.2, -0.15) is 0 Å². The number of rotatable bonds is 12. The van der Waals surface area contributed by atoms with E-state index < -0.39 is 48.3 Å². The molecule has 0 radical (unpaired) electrons.